The lowest BCUT2D eigenvalue weighted by Crippen LogP contribution is -1.92. The number of hydrogen-bond acceptors (Lipinski definition) is 3. The number of benzene rings is 1. The van der Waals surface area contributed by atoms with Gasteiger partial charge < -0.3 is 4.74 Å². The number of aromatic nitrogens is 2. The van der Waals surface area contributed by atoms with Crippen LogP contribution in [0.5, 0.6) is 5.75 Å². The van der Waals surface area contributed by atoms with Crippen molar-refractivity contribution >= 4 is 23.5 Å². The zero-order valence-electron chi connectivity index (χ0n) is 10.7. The van der Waals surface area contributed by atoms with Crippen LogP contribution >= 0.6 is 11.6 Å². The van der Waals surface area contributed by atoms with Crippen molar-refractivity contribution in [2.45, 2.75) is 0 Å². The first-order valence-corrected chi connectivity index (χ1v) is 6.38. The average molecular weight is 287 g/mol. The molecule has 3 aromatic rings. The fraction of sp³-hybridized carbons (Fsp3) is 0.0667. The number of methoxy groups -OCH3 is 1. The fourth-order valence-electron chi connectivity index (χ4n) is 2.11. The quantitative estimate of drug-likeness (QED) is 0.692. The lowest BCUT2D eigenvalue weighted by Gasteiger charge is -2.01. The van der Waals surface area contributed by atoms with Gasteiger partial charge in [0.2, 0.25) is 0 Å². The lowest BCUT2D eigenvalue weighted by molar-refractivity contribution is 0.111. The molecule has 4 nitrogen and oxygen atoms in total. The van der Waals surface area contributed by atoms with Crippen LogP contribution in [0.25, 0.3) is 16.9 Å². The molecule has 5 heteroatoms. The number of nitrogens with zero attached hydrogens (tertiary/aromatic N) is 2. The monoisotopic (exact) mass is 286 g/mol. The maximum atomic E-state index is 11.4. The van der Waals surface area contributed by atoms with Gasteiger partial charge in [-0.25, -0.2) is 4.98 Å². The van der Waals surface area contributed by atoms with Crippen molar-refractivity contribution in [1.29, 1.82) is 0 Å². The summed E-state index contributed by atoms with van der Waals surface area (Å²) < 4.78 is 6.81. The average Bonchev–Trinajstić information content (AvgIpc) is 2.85. The van der Waals surface area contributed by atoms with E-state index in [9.17, 15) is 4.79 Å². The van der Waals surface area contributed by atoms with Gasteiger partial charge >= 0.3 is 0 Å². The van der Waals surface area contributed by atoms with Crippen LogP contribution in [0.15, 0.2) is 42.6 Å². The topological polar surface area (TPSA) is 43.6 Å². The third-order valence-corrected chi connectivity index (χ3v) is 3.32. The van der Waals surface area contributed by atoms with E-state index in [-0.39, 0.29) is 0 Å². The van der Waals surface area contributed by atoms with E-state index in [0.29, 0.717) is 22.1 Å². The van der Waals surface area contributed by atoms with Crippen molar-refractivity contribution in [1.82, 2.24) is 9.38 Å². The normalized spacial score (nSPS) is 10.7. The number of carbonyl (C=O) groups excluding carboxylic acids is 1. The van der Waals surface area contributed by atoms with E-state index in [0.717, 1.165) is 17.6 Å². The highest BCUT2D eigenvalue weighted by molar-refractivity contribution is 6.30. The molecule has 0 spiro atoms. The molecule has 3 rings (SSSR count). The largest absolute Gasteiger partial charge is 0.497 e. The molecule has 0 atom stereocenters. The molecule has 0 radical (unpaired) electrons. The molecule has 0 aliphatic carbocycles. The highest BCUT2D eigenvalue weighted by atomic mass is 35.5. The molecule has 20 heavy (non-hydrogen) atoms. The summed E-state index contributed by atoms with van der Waals surface area (Å²) in [5, 5.41) is 0.555. The van der Waals surface area contributed by atoms with Gasteiger partial charge in [-0.15, -0.1) is 0 Å². The fourth-order valence-corrected chi connectivity index (χ4v) is 2.27. The second kappa shape index (κ2) is 4.98. The van der Waals surface area contributed by atoms with E-state index in [1.165, 1.54) is 0 Å². The van der Waals surface area contributed by atoms with Crippen molar-refractivity contribution in [2.75, 3.05) is 7.11 Å². The third kappa shape index (κ3) is 2.04. The minimum Gasteiger partial charge on any atom is -0.497 e. The summed E-state index contributed by atoms with van der Waals surface area (Å²) >= 11 is 5.96. The molecule has 0 bridgehead atoms. The van der Waals surface area contributed by atoms with Crippen molar-refractivity contribution < 1.29 is 9.53 Å². The maximum Gasteiger partial charge on any atom is 0.169 e. The number of imidazole rings is 1. The predicted octanol–water partition coefficient (Wildman–Crippen LogP) is 3.48. The number of carbonyl (C=O) groups is 1. The van der Waals surface area contributed by atoms with E-state index in [1.54, 1.807) is 29.8 Å². The molecule has 0 saturated carbocycles. The van der Waals surface area contributed by atoms with Crippen LogP contribution in [0, 0.1) is 0 Å². The standard InChI is InChI=1S/C15H11ClN2O2/c1-20-12-5-2-10(3-6-12)15-13(9-19)18-8-11(16)4-7-14(18)17-15/h2-9H,1H3. The van der Waals surface area contributed by atoms with Crippen molar-refractivity contribution in [3.63, 3.8) is 0 Å². The zero-order chi connectivity index (χ0) is 14.1. The molecule has 2 aromatic heterocycles. The van der Waals surface area contributed by atoms with Crippen LogP contribution in [0.3, 0.4) is 0 Å². The van der Waals surface area contributed by atoms with Crippen LogP contribution < -0.4 is 4.74 Å². The summed E-state index contributed by atoms with van der Waals surface area (Å²) in [4.78, 5) is 15.9. The number of fused-ring (bicyclic) bond motifs is 1. The highest BCUT2D eigenvalue weighted by Crippen LogP contribution is 2.26. The Hall–Kier alpha value is -2.33. The molecule has 1 aromatic carbocycles. The van der Waals surface area contributed by atoms with Crippen LogP contribution in [-0.4, -0.2) is 22.8 Å². The van der Waals surface area contributed by atoms with Gasteiger partial charge in [0, 0.05) is 11.8 Å². The Bertz CT molecular complexity index is 778. The Morgan fingerprint density at radius 2 is 1.95 bits per heavy atom. The number of ether oxygens (including phenoxy) is 1. The molecule has 0 amide bonds. The van der Waals surface area contributed by atoms with E-state index >= 15 is 0 Å². The first-order chi connectivity index (χ1) is 9.72. The highest BCUT2D eigenvalue weighted by Gasteiger charge is 2.13. The first-order valence-electron chi connectivity index (χ1n) is 6.00. The van der Waals surface area contributed by atoms with Crippen LogP contribution in [0.2, 0.25) is 5.02 Å². The molecular formula is C15H11ClN2O2. The lowest BCUT2D eigenvalue weighted by atomic mass is 10.1. The van der Waals surface area contributed by atoms with Crippen molar-refractivity contribution in [3.8, 4) is 17.0 Å². The Labute approximate surface area is 120 Å². The van der Waals surface area contributed by atoms with Gasteiger partial charge in [0.25, 0.3) is 0 Å². The molecule has 0 saturated heterocycles. The number of rotatable bonds is 3. The van der Waals surface area contributed by atoms with Crippen molar-refractivity contribution in [2.24, 2.45) is 0 Å². The maximum absolute atomic E-state index is 11.4. The van der Waals surface area contributed by atoms with Gasteiger partial charge in [0.15, 0.2) is 6.29 Å². The summed E-state index contributed by atoms with van der Waals surface area (Å²) in [6.45, 7) is 0. The SMILES string of the molecule is COc1ccc(-c2nc3ccc(Cl)cn3c2C=O)cc1. The van der Waals surface area contributed by atoms with Gasteiger partial charge in [-0.05, 0) is 36.4 Å². The summed E-state index contributed by atoms with van der Waals surface area (Å²) in [7, 11) is 1.61. The molecule has 0 N–H and O–H groups in total. The summed E-state index contributed by atoms with van der Waals surface area (Å²) in [5.74, 6) is 0.758. The summed E-state index contributed by atoms with van der Waals surface area (Å²) in [6.07, 6.45) is 2.47. The Kier molecular flexibility index (Phi) is 3.16. The van der Waals surface area contributed by atoms with Gasteiger partial charge in [-0.2, -0.15) is 0 Å². The molecule has 0 aliphatic rings. The second-order valence-corrected chi connectivity index (χ2v) is 4.70. The summed E-state index contributed by atoms with van der Waals surface area (Å²) in [5.41, 5.74) is 2.65. The van der Waals surface area contributed by atoms with Gasteiger partial charge in [-0.3, -0.25) is 9.20 Å². The Morgan fingerprint density at radius 3 is 2.60 bits per heavy atom. The zero-order valence-corrected chi connectivity index (χ0v) is 11.5. The van der Waals surface area contributed by atoms with Crippen LogP contribution in [0.4, 0.5) is 0 Å². The third-order valence-electron chi connectivity index (χ3n) is 3.09. The van der Waals surface area contributed by atoms with E-state index in [4.69, 9.17) is 16.3 Å². The van der Waals surface area contributed by atoms with E-state index in [1.807, 2.05) is 24.3 Å². The van der Waals surface area contributed by atoms with Crippen molar-refractivity contribution in [3.05, 3.63) is 53.3 Å². The minimum absolute atomic E-state index is 0.479. The van der Waals surface area contributed by atoms with E-state index in [2.05, 4.69) is 4.98 Å². The minimum atomic E-state index is 0.479. The molecule has 0 unspecified atom stereocenters. The van der Waals surface area contributed by atoms with Gasteiger partial charge in [0.1, 0.15) is 22.8 Å². The smallest absolute Gasteiger partial charge is 0.169 e. The molecule has 2 heterocycles. The van der Waals surface area contributed by atoms with Gasteiger partial charge in [-0.1, -0.05) is 11.6 Å². The van der Waals surface area contributed by atoms with Crippen LogP contribution in [-0.2, 0) is 0 Å². The van der Waals surface area contributed by atoms with Gasteiger partial charge in [0.05, 0.1) is 12.1 Å². The molecule has 0 aliphatic heterocycles. The Morgan fingerprint density at radius 1 is 1.20 bits per heavy atom. The number of pyridine rings is 1. The second-order valence-electron chi connectivity index (χ2n) is 4.27. The molecule has 100 valence electrons. The molecule has 0 fully saturated rings. The first kappa shape index (κ1) is 12.7. The predicted molar refractivity (Wildman–Crippen MR) is 77.6 cm³/mol. The van der Waals surface area contributed by atoms with Crippen LogP contribution in [0.1, 0.15) is 10.5 Å². The summed E-state index contributed by atoms with van der Waals surface area (Å²) in [6, 6.07) is 10.9. The number of aldehydes is 1. The molecular weight excluding hydrogens is 276 g/mol. The van der Waals surface area contributed by atoms with E-state index < -0.39 is 0 Å². The number of halogens is 1. The Balaban J connectivity index is 2.21. The number of hydrogen-bond donors (Lipinski definition) is 0.